The number of phenols is 2. The van der Waals surface area contributed by atoms with Gasteiger partial charge in [-0.15, -0.1) is 0 Å². The summed E-state index contributed by atoms with van der Waals surface area (Å²) in [5, 5.41) is 31.7. The van der Waals surface area contributed by atoms with E-state index in [1.54, 1.807) is 0 Å². The molecule has 1 heterocycles. The van der Waals surface area contributed by atoms with Crippen LogP contribution in [-0.2, 0) is 9.53 Å². The van der Waals surface area contributed by atoms with E-state index in [9.17, 15) is 29.7 Å². The van der Waals surface area contributed by atoms with Crippen LogP contribution < -0.4 is 4.74 Å². The summed E-state index contributed by atoms with van der Waals surface area (Å²) in [6.45, 7) is 1.34. The monoisotopic (exact) mass is 384 g/mol. The number of hydrogen-bond acceptors (Lipinski definition) is 8. The van der Waals surface area contributed by atoms with Gasteiger partial charge >= 0.3 is 5.97 Å². The number of fused-ring (bicyclic) bond motifs is 2. The van der Waals surface area contributed by atoms with Crippen molar-refractivity contribution in [3.8, 4) is 17.2 Å². The number of rotatable bonds is 2. The molecule has 144 valence electrons. The number of carbonyl (C=O) groups excluding carboxylic acids is 3. The van der Waals surface area contributed by atoms with Gasteiger partial charge in [-0.05, 0) is 19.1 Å². The summed E-state index contributed by atoms with van der Waals surface area (Å²) in [5.74, 6) is -3.10. The van der Waals surface area contributed by atoms with E-state index in [1.165, 1.54) is 32.2 Å². The second-order valence-electron chi connectivity index (χ2n) is 7.03. The topological polar surface area (TPSA) is 130 Å². The lowest BCUT2D eigenvalue weighted by molar-refractivity contribution is -0.142. The number of carbonyl (C=O) groups is 3. The maximum Gasteiger partial charge on any atom is 0.309 e. The van der Waals surface area contributed by atoms with Crippen molar-refractivity contribution in [2.24, 2.45) is 0 Å². The Hall–Kier alpha value is -3.39. The molecule has 3 N–H and O–H groups in total. The predicted molar refractivity (Wildman–Crippen MR) is 93.7 cm³/mol. The molecule has 1 aliphatic heterocycles. The molecule has 0 radical (unpaired) electrons. The molecule has 0 unspecified atom stereocenters. The first-order valence-corrected chi connectivity index (χ1v) is 8.44. The highest BCUT2D eigenvalue weighted by molar-refractivity contribution is 6.31. The van der Waals surface area contributed by atoms with Crippen LogP contribution in [-0.4, -0.2) is 45.6 Å². The van der Waals surface area contributed by atoms with Crippen molar-refractivity contribution in [3.05, 3.63) is 52.1 Å². The molecule has 8 heteroatoms. The minimum atomic E-state index is -1.65. The molecule has 1 fully saturated rings. The Morgan fingerprint density at radius 2 is 1.82 bits per heavy atom. The zero-order chi connectivity index (χ0) is 20.4. The molecule has 1 aliphatic carbocycles. The molecular weight excluding hydrogens is 368 g/mol. The first-order chi connectivity index (χ1) is 13.2. The molecule has 0 saturated carbocycles. The molecular formula is C20H16O8. The van der Waals surface area contributed by atoms with E-state index in [1.807, 2.05) is 0 Å². The van der Waals surface area contributed by atoms with Crippen LogP contribution in [0.1, 0.15) is 56.9 Å². The largest absolute Gasteiger partial charge is 0.507 e. The number of ketones is 2. The standard InChI is InChI=1S/C20H16O8/c1-20(26)7-12(22)28-19(20)9-6-10(21)14-15(17(9)24)16(23)8-4-3-5-11(27-2)13(8)18(14)25/h3-6,19,21,24,26H,7H2,1-2H3/t19-,20-/m0/s1. The van der Waals surface area contributed by atoms with E-state index in [-0.39, 0.29) is 34.4 Å². The number of aromatic hydroxyl groups is 2. The van der Waals surface area contributed by atoms with E-state index in [4.69, 9.17) is 9.47 Å². The van der Waals surface area contributed by atoms with Crippen LogP contribution in [0.2, 0.25) is 0 Å². The number of benzene rings is 2. The number of esters is 1. The van der Waals surface area contributed by atoms with E-state index >= 15 is 0 Å². The average Bonchev–Trinajstić information content (AvgIpc) is 2.92. The second kappa shape index (κ2) is 5.80. The van der Waals surface area contributed by atoms with Crippen molar-refractivity contribution in [2.75, 3.05) is 7.11 Å². The molecule has 0 spiro atoms. The third-order valence-electron chi connectivity index (χ3n) is 5.08. The van der Waals surface area contributed by atoms with Crippen molar-refractivity contribution in [2.45, 2.75) is 25.0 Å². The normalized spacial score (nSPS) is 23.2. The predicted octanol–water partition coefficient (Wildman–Crippen LogP) is 1.62. The van der Waals surface area contributed by atoms with Crippen molar-refractivity contribution in [1.82, 2.24) is 0 Å². The van der Waals surface area contributed by atoms with Gasteiger partial charge in [0.2, 0.25) is 5.78 Å². The molecule has 1 saturated heterocycles. The highest BCUT2D eigenvalue weighted by Crippen LogP contribution is 2.48. The van der Waals surface area contributed by atoms with Crippen molar-refractivity contribution < 1.29 is 39.2 Å². The van der Waals surface area contributed by atoms with Gasteiger partial charge < -0.3 is 24.8 Å². The van der Waals surface area contributed by atoms with E-state index in [0.29, 0.717) is 0 Å². The molecule has 2 aromatic rings. The van der Waals surface area contributed by atoms with Crippen LogP contribution >= 0.6 is 0 Å². The molecule has 4 rings (SSSR count). The smallest absolute Gasteiger partial charge is 0.309 e. The maximum atomic E-state index is 13.0. The summed E-state index contributed by atoms with van der Waals surface area (Å²) in [7, 11) is 1.35. The average molecular weight is 384 g/mol. The Balaban J connectivity index is 1.97. The number of hydrogen-bond donors (Lipinski definition) is 3. The van der Waals surface area contributed by atoms with Crippen LogP contribution in [0.5, 0.6) is 17.2 Å². The van der Waals surface area contributed by atoms with Crippen molar-refractivity contribution in [1.29, 1.82) is 0 Å². The summed E-state index contributed by atoms with van der Waals surface area (Å²) < 4.78 is 10.2. The lowest BCUT2D eigenvalue weighted by Gasteiger charge is -2.27. The summed E-state index contributed by atoms with van der Waals surface area (Å²) in [6, 6.07) is 5.47. The van der Waals surface area contributed by atoms with Gasteiger partial charge in [-0.1, -0.05) is 12.1 Å². The quantitative estimate of drug-likeness (QED) is 0.449. The Labute approximate surface area is 158 Å². The fourth-order valence-corrected chi connectivity index (χ4v) is 3.80. The maximum absolute atomic E-state index is 13.0. The van der Waals surface area contributed by atoms with Gasteiger partial charge in [0.15, 0.2) is 11.9 Å². The SMILES string of the molecule is COc1cccc2c1C(=O)c1c(O)cc([C@@H]3OC(=O)C[C@]3(C)O)c(O)c1C2=O. The number of cyclic esters (lactones) is 1. The minimum Gasteiger partial charge on any atom is -0.507 e. The first kappa shape index (κ1) is 18.0. The third kappa shape index (κ3) is 2.31. The Morgan fingerprint density at radius 3 is 2.43 bits per heavy atom. The van der Waals surface area contributed by atoms with E-state index in [0.717, 1.165) is 6.07 Å². The van der Waals surface area contributed by atoms with Crippen molar-refractivity contribution >= 4 is 17.5 Å². The lowest BCUT2D eigenvalue weighted by Crippen LogP contribution is -2.29. The zero-order valence-corrected chi connectivity index (χ0v) is 15.0. The van der Waals surface area contributed by atoms with Gasteiger partial charge in [-0.3, -0.25) is 14.4 Å². The minimum absolute atomic E-state index is 0.00996. The van der Waals surface area contributed by atoms with E-state index in [2.05, 4.69) is 0 Å². The van der Waals surface area contributed by atoms with Gasteiger partial charge in [-0.25, -0.2) is 0 Å². The van der Waals surface area contributed by atoms with Gasteiger partial charge in [0.05, 0.1) is 30.2 Å². The molecule has 2 aromatic carbocycles. The zero-order valence-electron chi connectivity index (χ0n) is 15.0. The van der Waals surface area contributed by atoms with Crippen LogP contribution in [0.15, 0.2) is 24.3 Å². The fraction of sp³-hybridized carbons (Fsp3) is 0.250. The number of aliphatic hydroxyl groups is 1. The first-order valence-electron chi connectivity index (χ1n) is 8.44. The van der Waals surface area contributed by atoms with Gasteiger partial charge in [0.1, 0.15) is 22.8 Å². The Kier molecular flexibility index (Phi) is 3.73. The summed E-state index contributed by atoms with van der Waals surface area (Å²) >= 11 is 0. The Morgan fingerprint density at radius 1 is 1.11 bits per heavy atom. The van der Waals surface area contributed by atoms with Crippen molar-refractivity contribution in [3.63, 3.8) is 0 Å². The molecule has 8 nitrogen and oxygen atoms in total. The molecule has 2 atom stereocenters. The van der Waals surface area contributed by atoms with Gasteiger partial charge in [-0.2, -0.15) is 0 Å². The third-order valence-corrected chi connectivity index (χ3v) is 5.08. The Bertz CT molecular complexity index is 1070. The van der Waals surface area contributed by atoms with E-state index < -0.39 is 46.3 Å². The number of phenolic OH excluding ortho intramolecular Hbond substituents is 2. The summed E-state index contributed by atoms with van der Waals surface area (Å²) in [5.41, 5.74) is -2.58. The van der Waals surface area contributed by atoms with Crippen LogP contribution in [0.4, 0.5) is 0 Å². The highest BCUT2D eigenvalue weighted by atomic mass is 16.6. The summed E-state index contributed by atoms with van der Waals surface area (Å²) in [6.07, 6.45) is -1.62. The molecule has 28 heavy (non-hydrogen) atoms. The summed E-state index contributed by atoms with van der Waals surface area (Å²) in [4.78, 5) is 37.6. The van der Waals surface area contributed by atoms with Gasteiger partial charge in [0.25, 0.3) is 0 Å². The number of methoxy groups -OCH3 is 1. The number of ether oxygens (including phenoxy) is 2. The second-order valence-corrected chi connectivity index (χ2v) is 7.03. The molecule has 0 bridgehead atoms. The molecule has 0 aromatic heterocycles. The molecule has 2 aliphatic rings. The van der Waals surface area contributed by atoms with Gasteiger partial charge in [0, 0.05) is 11.1 Å². The fourth-order valence-electron chi connectivity index (χ4n) is 3.80. The van der Waals surface area contributed by atoms with Crippen LogP contribution in [0.3, 0.4) is 0 Å². The molecule has 0 amide bonds. The lowest BCUT2D eigenvalue weighted by atomic mass is 9.80. The van der Waals surface area contributed by atoms with Crippen LogP contribution in [0, 0.1) is 0 Å². The van der Waals surface area contributed by atoms with Crippen LogP contribution in [0.25, 0.3) is 0 Å². The highest BCUT2D eigenvalue weighted by Gasteiger charge is 2.48.